The maximum Gasteiger partial charge on any atom is 0.0638 e. The minimum atomic E-state index is 0.197. The van der Waals surface area contributed by atoms with Crippen LogP contribution >= 0.6 is 11.6 Å². The highest BCUT2D eigenvalue weighted by Gasteiger charge is 2.32. The van der Waals surface area contributed by atoms with E-state index in [1.807, 2.05) is 12.1 Å². The number of ether oxygens (including phenoxy) is 1. The van der Waals surface area contributed by atoms with Crippen molar-refractivity contribution in [1.29, 1.82) is 0 Å². The van der Waals surface area contributed by atoms with Crippen LogP contribution < -0.4 is 5.73 Å². The first kappa shape index (κ1) is 14.3. The summed E-state index contributed by atoms with van der Waals surface area (Å²) in [6.45, 7) is 3.83. The topological polar surface area (TPSA) is 38.5 Å². The molecule has 1 aromatic rings. The first-order chi connectivity index (χ1) is 9.72. The van der Waals surface area contributed by atoms with E-state index in [0.29, 0.717) is 6.04 Å². The Morgan fingerprint density at radius 2 is 1.85 bits per heavy atom. The van der Waals surface area contributed by atoms with Crippen LogP contribution in [0.3, 0.4) is 0 Å². The molecule has 0 saturated carbocycles. The summed E-state index contributed by atoms with van der Waals surface area (Å²) in [6, 6.07) is 8.90. The molecule has 2 unspecified atom stereocenters. The normalized spacial score (nSPS) is 28.9. The maximum atomic E-state index is 6.10. The van der Waals surface area contributed by atoms with Gasteiger partial charge in [-0.3, -0.25) is 4.90 Å². The average Bonchev–Trinajstić information content (AvgIpc) is 2.89. The summed E-state index contributed by atoms with van der Waals surface area (Å²) >= 11 is 5.93. The largest absolute Gasteiger partial charge is 0.378 e. The minimum absolute atomic E-state index is 0.197. The van der Waals surface area contributed by atoms with Crippen LogP contribution in [0, 0.1) is 5.92 Å². The number of nitrogens with two attached hydrogens (primary N) is 1. The monoisotopic (exact) mass is 294 g/mol. The van der Waals surface area contributed by atoms with E-state index in [2.05, 4.69) is 17.0 Å². The van der Waals surface area contributed by atoms with Crippen molar-refractivity contribution < 1.29 is 4.74 Å². The fraction of sp³-hybridized carbons (Fsp3) is 0.625. The molecule has 0 aliphatic carbocycles. The fourth-order valence-electron chi connectivity index (χ4n) is 3.38. The van der Waals surface area contributed by atoms with Gasteiger partial charge >= 0.3 is 0 Å². The van der Waals surface area contributed by atoms with Gasteiger partial charge in [0, 0.05) is 11.1 Å². The van der Waals surface area contributed by atoms with Crippen LogP contribution in [0.5, 0.6) is 0 Å². The van der Waals surface area contributed by atoms with Gasteiger partial charge in [0.2, 0.25) is 0 Å². The number of nitrogens with zero attached hydrogens (tertiary/aromatic N) is 1. The third-order valence-electron chi connectivity index (χ3n) is 4.65. The lowest BCUT2D eigenvalue weighted by molar-refractivity contribution is 0.108. The molecule has 2 aliphatic rings. The van der Waals surface area contributed by atoms with Crippen molar-refractivity contribution in [3.8, 4) is 0 Å². The summed E-state index contributed by atoms with van der Waals surface area (Å²) < 4.78 is 5.48. The van der Waals surface area contributed by atoms with Crippen molar-refractivity contribution in [1.82, 2.24) is 4.90 Å². The second-order valence-corrected chi connectivity index (χ2v) is 6.52. The predicted molar refractivity (Wildman–Crippen MR) is 82.0 cm³/mol. The number of hydrogen-bond donors (Lipinski definition) is 1. The molecular weight excluding hydrogens is 272 g/mol. The number of likely N-dealkylation sites (tertiary alicyclic amines) is 1. The van der Waals surface area contributed by atoms with Crippen LogP contribution in [0.25, 0.3) is 0 Å². The van der Waals surface area contributed by atoms with Crippen molar-refractivity contribution in [3.05, 3.63) is 34.9 Å². The molecule has 20 heavy (non-hydrogen) atoms. The highest BCUT2D eigenvalue weighted by molar-refractivity contribution is 6.30. The molecule has 2 saturated heterocycles. The molecule has 2 fully saturated rings. The first-order valence-electron chi connectivity index (χ1n) is 7.54. The van der Waals surface area contributed by atoms with E-state index in [1.165, 1.54) is 18.4 Å². The Hall–Kier alpha value is -0.610. The van der Waals surface area contributed by atoms with Gasteiger partial charge in [-0.1, -0.05) is 23.7 Å². The number of halogens is 1. The predicted octanol–water partition coefficient (Wildman–Crippen LogP) is 2.32. The van der Waals surface area contributed by atoms with Crippen molar-refractivity contribution in [3.63, 3.8) is 0 Å². The van der Waals surface area contributed by atoms with Crippen LogP contribution in [0.1, 0.15) is 18.4 Å². The van der Waals surface area contributed by atoms with Gasteiger partial charge < -0.3 is 10.5 Å². The Kier molecular flexibility index (Phi) is 4.61. The summed E-state index contributed by atoms with van der Waals surface area (Å²) in [5, 5.41) is 0.818. The molecule has 2 aliphatic heterocycles. The number of piperidine rings is 1. The molecule has 2 N–H and O–H groups in total. The lowest BCUT2D eigenvalue weighted by Crippen LogP contribution is -2.50. The third-order valence-corrected chi connectivity index (χ3v) is 4.90. The lowest BCUT2D eigenvalue weighted by Gasteiger charge is -2.36. The van der Waals surface area contributed by atoms with E-state index >= 15 is 0 Å². The summed E-state index contributed by atoms with van der Waals surface area (Å²) in [6.07, 6.45) is 3.68. The summed E-state index contributed by atoms with van der Waals surface area (Å²) in [4.78, 5) is 2.52. The SMILES string of the molecule is NC1COCC1N1CCC(Cc2ccc(Cl)cc2)CC1. The highest BCUT2D eigenvalue weighted by Crippen LogP contribution is 2.25. The van der Waals surface area contributed by atoms with Gasteiger partial charge in [0.05, 0.1) is 19.3 Å². The van der Waals surface area contributed by atoms with Crippen molar-refractivity contribution in [2.24, 2.45) is 11.7 Å². The Morgan fingerprint density at radius 3 is 2.45 bits per heavy atom. The fourth-order valence-corrected chi connectivity index (χ4v) is 3.50. The van der Waals surface area contributed by atoms with Gasteiger partial charge in [-0.2, -0.15) is 0 Å². The molecule has 3 nitrogen and oxygen atoms in total. The second kappa shape index (κ2) is 6.44. The summed E-state index contributed by atoms with van der Waals surface area (Å²) in [5.41, 5.74) is 7.50. The molecule has 2 atom stereocenters. The summed E-state index contributed by atoms with van der Waals surface area (Å²) in [7, 11) is 0. The van der Waals surface area contributed by atoms with Crippen molar-refractivity contribution >= 4 is 11.6 Å². The molecule has 2 heterocycles. The van der Waals surface area contributed by atoms with Gasteiger partial charge in [-0.25, -0.2) is 0 Å². The van der Waals surface area contributed by atoms with Gasteiger partial charge in [0.15, 0.2) is 0 Å². The number of rotatable bonds is 3. The Labute approximate surface area is 126 Å². The minimum Gasteiger partial charge on any atom is -0.378 e. The van der Waals surface area contributed by atoms with E-state index in [9.17, 15) is 0 Å². The molecule has 110 valence electrons. The average molecular weight is 295 g/mol. The molecule has 4 heteroatoms. The third kappa shape index (κ3) is 3.34. The van der Waals surface area contributed by atoms with E-state index in [0.717, 1.165) is 43.7 Å². The lowest BCUT2D eigenvalue weighted by atomic mass is 9.89. The quantitative estimate of drug-likeness (QED) is 0.930. The Balaban J connectivity index is 1.49. The molecular formula is C16H23ClN2O. The smallest absolute Gasteiger partial charge is 0.0638 e. The van der Waals surface area contributed by atoms with Crippen LogP contribution in [0.4, 0.5) is 0 Å². The zero-order valence-corrected chi connectivity index (χ0v) is 12.6. The van der Waals surface area contributed by atoms with Gasteiger partial charge in [-0.05, 0) is 56.0 Å². The Bertz CT molecular complexity index is 429. The molecule has 1 aromatic carbocycles. The van der Waals surface area contributed by atoms with Gasteiger partial charge in [0.1, 0.15) is 0 Å². The van der Waals surface area contributed by atoms with E-state index in [4.69, 9.17) is 22.1 Å². The van der Waals surface area contributed by atoms with Crippen LogP contribution in [0.2, 0.25) is 5.02 Å². The van der Waals surface area contributed by atoms with E-state index in [1.54, 1.807) is 0 Å². The zero-order valence-electron chi connectivity index (χ0n) is 11.8. The van der Waals surface area contributed by atoms with Crippen molar-refractivity contribution in [2.75, 3.05) is 26.3 Å². The maximum absolute atomic E-state index is 6.10. The van der Waals surface area contributed by atoms with Crippen LogP contribution in [0.15, 0.2) is 24.3 Å². The van der Waals surface area contributed by atoms with Gasteiger partial charge in [0.25, 0.3) is 0 Å². The van der Waals surface area contributed by atoms with Crippen LogP contribution in [-0.4, -0.2) is 43.3 Å². The second-order valence-electron chi connectivity index (χ2n) is 6.08. The van der Waals surface area contributed by atoms with E-state index in [-0.39, 0.29) is 6.04 Å². The molecule has 0 aromatic heterocycles. The molecule has 0 radical (unpaired) electrons. The zero-order chi connectivity index (χ0) is 13.9. The van der Waals surface area contributed by atoms with Crippen molar-refractivity contribution in [2.45, 2.75) is 31.3 Å². The molecule has 0 amide bonds. The Morgan fingerprint density at radius 1 is 1.15 bits per heavy atom. The summed E-state index contributed by atoms with van der Waals surface area (Å²) in [5.74, 6) is 0.783. The van der Waals surface area contributed by atoms with Crippen LogP contribution in [-0.2, 0) is 11.2 Å². The molecule has 3 rings (SSSR count). The molecule has 0 spiro atoms. The molecule has 0 bridgehead atoms. The standard InChI is InChI=1S/C16H23ClN2O/c17-14-3-1-12(2-4-14)9-13-5-7-19(8-6-13)16-11-20-10-15(16)18/h1-4,13,15-16H,5-11,18H2. The van der Waals surface area contributed by atoms with E-state index < -0.39 is 0 Å². The highest BCUT2D eigenvalue weighted by atomic mass is 35.5. The van der Waals surface area contributed by atoms with Gasteiger partial charge in [-0.15, -0.1) is 0 Å². The first-order valence-corrected chi connectivity index (χ1v) is 7.92. The number of benzene rings is 1. The number of hydrogen-bond acceptors (Lipinski definition) is 3.